The van der Waals surface area contributed by atoms with Crippen LogP contribution in [0.1, 0.15) is 59.8 Å². The predicted molar refractivity (Wildman–Crippen MR) is 92.9 cm³/mol. The highest BCUT2D eigenvalue weighted by molar-refractivity contribution is 6.74. The Morgan fingerprint density at radius 1 is 1.24 bits per heavy atom. The average molecular weight is 317 g/mol. The fourth-order valence-electron chi connectivity index (χ4n) is 1.69. The molecule has 0 aromatic heterocycles. The topological polar surface area (TPSA) is 64.3 Å². The Kier molecular flexibility index (Phi) is 9.41. The van der Waals surface area contributed by atoms with Gasteiger partial charge in [0.15, 0.2) is 8.32 Å². The van der Waals surface area contributed by atoms with Crippen molar-refractivity contribution in [3.05, 3.63) is 0 Å². The Bertz CT molecular complexity index is 301. The largest absolute Gasteiger partial charge is 0.415 e. The van der Waals surface area contributed by atoms with Gasteiger partial charge >= 0.3 is 0 Å². The van der Waals surface area contributed by atoms with E-state index < -0.39 is 8.32 Å². The zero-order chi connectivity index (χ0) is 16.5. The summed E-state index contributed by atoms with van der Waals surface area (Å²) in [6.07, 6.45) is 4.45. The van der Waals surface area contributed by atoms with E-state index in [0.29, 0.717) is 19.6 Å². The van der Waals surface area contributed by atoms with E-state index in [9.17, 15) is 4.79 Å². The zero-order valence-electron chi connectivity index (χ0n) is 14.9. The molecule has 1 amide bonds. The van der Waals surface area contributed by atoms with E-state index in [-0.39, 0.29) is 17.0 Å². The Labute approximate surface area is 132 Å². The third kappa shape index (κ3) is 8.59. The summed E-state index contributed by atoms with van der Waals surface area (Å²) < 4.78 is 6.20. The van der Waals surface area contributed by atoms with Gasteiger partial charge in [0.1, 0.15) is 0 Å². The van der Waals surface area contributed by atoms with Crippen LogP contribution in [-0.4, -0.2) is 33.4 Å². The van der Waals surface area contributed by atoms with Crippen LogP contribution in [0.5, 0.6) is 0 Å². The van der Waals surface area contributed by atoms with E-state index in [1.54, 1.807) is 0 Å². The first-order valence-electron chi connectivity index (χ1n) is 8.27. The highest BCUT2D eigenvalue weighted by Crippen LogP contribution is 2.36. The number of carbonyl (C=O) groups excluding carboxylic acids is 1. The molecule has 0 aliphatic heterocycles. The van der Waals surface area contributed by atoms with Gasteiger partial charge < -0.3 is 15.5 Å². The van der Waals surface area contributed by atoms with Gasteiger partial charge in [-0.2, -0.15) is 0 Å². The summed E-state index contributed by atoms with van der Waals surface area (Å²) in [6, 6.07) is 0.126. The van der Waals surface area contributed by atoms with Gasteiger partial charge in [0.2, 0.25) is 5.91 Å². The van der Waals surface area contributed by atoms with Crippen molar-refractivity contribution in [2.24, 2.45) is 5.73 Å². The summed E-state index contributed by atoms with van der Waals surface area (Å²) in [6.45, 7) is 14.6. The van der Waals surface area contributed by atoms with Crippen molar-refractivity contribution < 1.29 is 9.22 Å². The van der Waals surface area contributed by atoms with E-state index in [2.05, 4.69) is 46.1 Å². The average Bonchev–Trinajstić information content (AvgIpc) is 2.38. The fourth-order valence-corrected chi connectivity index (χ4v) is 2.74. The lowest BCUT2D eigenvalue weighted by atomic mass is 10.1. The normalized spacial score (nSPS) is 14.0. The van der Waals surface area contributed by atoms with Crippen LogP contribution in [0.2, 0.25) is 18.1 Å². The molecule has 0 rings (SSSR count). The summed E-state index contributed by atoms with van der Waals surface area (Å²) in [5.41, 5.74) is 5.45. The van der Waals surface area contributed by atoms with Gasteiger partial charge in [0.05, 0.1) is 12.6 Å². The third-order valence-electron chi connectivity index (χ3n) is 4.42. The molecule has 0 bridgehead atoms. The van der Waals surface area contributed by atoms with E-state index >= 15 is 0 Å². The van der Waals surface area contributed by atoms with Crippen LogP contribution < -0.4 is 11.1 Å². The van der Waals surface area contributed by atoms with Crippen LogP contribution >= 0.6 is 0 Å². The van der Waals surface area contributed by atoms with Crippen LogP contribution in [0.15, 0.2) is 0 Å². The van der Waals surface area contributed by atoms with Gasteiger partial charge in [-0.05, 0) is 43.9 Å². The van der Waals surface area contributed by atoms with Crippen LogP contribution in [0, 0.1) is 0 Å². The molecular formula is C16H36N2O2Si. The molecule has 4 nitrogen and oxygen atoms in total. The predicted octanol–water partition coefficient (Wildman–Crippen LogP) is 3.42. The molecule has 126 valence electrons. The first kappa shape index (κ1) is 20.6. The van der Waals surface area contributed by atoms with Crippen molar-refractivity contribution >= 4 is 14.2 Å². The maximum absolute atomic E-state index is 11.9. The molecule has 21 heavy (non-hydrogen) atoms. The smallest absolute Gasteiger partial charge is 0.220 e. The fraction of sp³-hybridized carbons (Fsp3) is 0.938. The molecule has 0 aromatic rings. The molecule has 0 aliphatic carbocycles. The van der Waals surface area contributed by atoms with Crippen molar-refractivity contribution in [2.45, 2.75) is 84.0 Å². The number of unbranched alkanes of at least 4 members (excludes halogenated alkanes) is 2. The first-order valence-corrected chi connectivity index (χ1v) is 11.2. The van der Waals surface area contributed by atoms with E-state index in [4.69, 9.17) is 10.2 Å². The van der Waals surface area contributed by atoms with Crippen LogP contribution in [0.4, 0.5) is 0 Å². The molecule has 0 fully saturated rings. The number of carbonyl (C=O) groups is 1. The van der Waals surface area contributed by atoms with Crippen molar-refractivity contribution in [3.8, 4) is 0 Å². The maximum Gasteiger partial charge on any atom is 0.220 e. The van der Waals surface area contributed by atoms with Gasteiger partial charge in [0, 0.05) is 6.42 Å². The Hall–Kier alpha value is -0.393. The SMILES string of the molecule is CCC(CO[Si](C)(C)C(C)(C)C)NC(=O)CCCCCN. The first-order chi connectivity index (χ1) is 9.64. The molecule has 0 saturated carbocycles. The molecule has 3 N–H and O–H groups in total. The Morgan fingerprint density at radius 2 is 1.86 bits per heavy atom. The number of nitrogens with one attached hydrogen (secondary N) is 1. The lowest BCUT2D eigenvalue weighted by Gasteiger charge is -2.37. The molecule has 1 atom stereocenters. The van der Waals surface area contributed by atoms with Crippen molar-refractivity contribution in [1.82, 2.24) is 5.32 Å². The lowest BCUT2D eigenvalue weighted by molar-refractivity contribution is -0.122. The Balaban J connectivity index is 4.14. The van der Waals surface area contributed by atoms with E-state index in [1.165, 1.54) is 0 Å². The van der Waals surface area contributed by atoms with E-state index in [1.807, 2.05) is 0 Å². The maximum atomic E-state index is 11.9. The van der Waals surface area contributed by atoms with Gasteiger partial charge in [-0.25, -0.2) is 0 Å². The molecule has 0 heterocycles. The van der Waals surface area contributed by atoms with E-state index in [0.717, 1.165) is 25.7 Å². The second-order valence-corrected chi connectivity index (χ2v) is 12.2. The van der Waals surface area contributed by atoms with Gasteiger partial charge in [0.25, 0.3) is 0 Å². The lowest BCUT2D eigenvalue weighted by Crippen LogP contribution is -2.46. The highest BCUT2D eigenvalue weighted by atomic mass is 28.4. The quantitative estimate of drug-likeness (QED) is 0.479. The standard InChI is InChI=1S/C16H36N2O2Si/c1-7-14(13-20-21(5,6)16(2,3)4)18-15(19)11-9-8-10-12-17/h14H,7-13,17H2,1-6H3,(H,18,19). The van der Waals surface area contributed by atoms with Gasteiger partial charge in [-0.3, -0.25) is 4.79 Å². The van der Waals surface area contributed by atoms with Crippen molar-refractivity contribution in [3.63, 3.8) is 0 Å². The van der Waals surface area contributed by atoms with Crippen LogP contribution in [-0.2, 0) is 9.22 Å². The summed E-state index contributed by atoms with van der Waals surface area (Å²) >= 11 is 0. The monoisotopic (exact) mass is 316 g/mol. The number of nitrogens with two attached hydrogens (primary N) is 1. The molecule has 5 heteroatoms. The molecule has 0 aromatic carbocycles. The molecule has 1 unspecified atom stereocenters. The van der Waals surface area contributed by atoms with Crippen LogP contribution in [0.3, 0.4) is 0 Å². The number of hydrogen-bond donors (Lipinski definition) is 2. The summed E-state index contributed by atoms with van der Waals surface area (Å²) in [5, 5.41) is 3.30. The minimum atomic E-state index is -1.74. The molecule has 0 spiro atoms. The summed E-state index contributed by atoms with van der Waals surface area (Å²) in [7, 11) is -1.74. The number of hydrogen-bond acceptors (Lipinski definition) is 3. The van der Waals surface area contributed by atoms with Crippen molar-refractivity contribution in [2.75, 3.05) is 13.2 Å². The molecule has 0 saturated heterocycles. The van der Waals surface area contributed by atoms with Crippen LogP contribution in [0.25, 0.3) is 0 Å². The van der Waals surface area contributed by atoms with Gasteiger partial charge in [-0.15, -0.1) is 0 Å². The zero-order valence-corrected chi connectivity index (χ0v) is 15.9. The van der Waals surface area contributed by atoms with Gasteiger partial charge in [-0.1, -0.05) is 34.1 Å². The Morgan fingerprint density at radius 3 is 2.33 bits per heavy atom. The summed E-state index contributed by atoms with van der Waals surface area (Å²) in [5.74, 6) is 0.137. The minimum Gasteiger partial charge on any atom is -0.415 e. The second-order valence-electron chi connectivity index (χ2n) is 7.34. The summed E-state index contributed by atoms with van der Waals surface area (Å²) in [4.78, 5) is 11.9. The molecule has 0 radical (unpaired) electrons. The number of amides is 1. The van der Waals surface area contributed by atoms with Crippen molar-refractivity contribution in [1.29, 1.82) is 0 Å². The second kappa shape index (κ2) is 9.59. The third-order valence-corrected chi connectivity index (χ3v) is 8.92. The number of rotatable bonds is 10. The minimum absolute atomic E-state index is 0.126. The highest BCUT2D eigenvalue weighted by Gasteiger charge is 2.37. The molecular weight excluding hydrogens is 280 g/mol. The molecule has 0 aliphatic rings.